The van der Waals surface area contributed by atoms with E-state index in [2.05, 4.69) is 10.3 Å². The molecule has 1 N–H and O–H groups in total. The molecule has 0 aliphatic rings. The molecular weight excluding hydrogens is 307 g/mol. The van der Waals surface area contributed by atoms with Crippen molar-refractivity contribution in [2.75, 3.05) is 11.9 Å². The van der Waals surface area contributed by atoms with Crippen molar-refractivity contribution in [2.45, 2.75) is 6.92 Å². The highest BCUT2D eigenvalue weighted by molar-refractivity contribution is 6.43. The first-order chi connectivity index (χ1) is 9.10. The topological polar surface area (TPSA) is 34.1 Å². The standard InChI is InChI=1S/C13H11Cl3N2O/c1-2-19-9-5-3-8(4-6-9)17-13-11(15)7-10(14)12(16)18-13/h3-7H,2H2,1H3,(H,17,18). The van der Waals surface area contributed by atoms with Gasteiger partial charge in [0.25, 0.3) is 0 Å². The van der Waals surface area contributed by atoms with E-state index in [1.165, 1.54) is 0 Å². The molecule has 1 aromatic heterocycles. The number of aromatic nitrogens is 1. The SMILES string of the molecule is CCOc1ccc(Nc2nc(Cl)c(Cl)cc2Cl)cc1. The monoisotopic (exact) mass is 316 g/mol. The van der Waals surface area contributed by atoms with E-state index >= 15 is 0 Å². The van der Waals surface area contributed by atoms with Gasteiger partial charge in [0, 0.05) is 5.69 Å². The number of hydrogen-bond donors (Lipinski definition) is 1. The van der Waals surface area contributed by atoms with Gasteiger partial charge >= 0.3 is 0 Å². The van der Waals surface area contributed by atoms with Gasteiger partial charge < -0.3 is 10.1 Å². The van der Waals surface area contributed by atoms with Crippen molar-refractivity contribution >= 4 is 46.3 Å². The Bertz CT molecular complexity index is 573. The van der Waals surface area contributed by atoms with Crippen LogP contribution >= 0.6 is 34.8 Å². The number of anilines is 2. The average Bonchev–Trinajstić information content (AvgIpc) is 2.38. The summed E-state index contributed by atoms with van der Waals surface area (Å²) in [6.45, 7) is 2.57. The summed E-state index contributed by atoms with van der Waals surface area (Å²) in [5, 5.41) is 4.00. The van der Waals surface area contributed by atoms with Crippen LogP contribution in [0.5, 0.6) is 5.75 Å². The smallest absolute Gasteiger partial charge is 0.151 e. The number of nitrogens with one attached hydrogen (secondary N) is 1. The number of halogens is 3. The molecular formula is C13H11Cl3N2O. The molecule has 2 rings (SSSR count). The maximum Gasteiger partial charge on any atom is 0.151 e. The summed E-state index contributed by atoms with van der Waals surface area (Å²) < 4.78 is 5.36. The summed E-state index contributed by atoms with van der Waals surface area (Å²) in [5.74, 6) is 1.27. The third-order valence-electron chi connectivity index (χ3n) is 2.31. The summed E-state index contributed by atoms with van der Waals surface area (Å²) in [6.07, 6.45) is 0. The molecule has 19 heavy (non-hydrogen) atoms. The van der Waals surface area contributed by atoms with Gasteiger partial charge in [0.1, 0.15) is 10.9 Å². The minimum Gasteiger partial charge on any atom is -0.494 e. The maximum absolute atomic E-state index is 6.04. The summed E-state index contributed by atoms with van der Waals surface area (Å²) in [6, 6.07) is 9.00. The van der Waals surface area contributed by atoms with Crippen LogP contribution in [-0.2, 0) is 0 Å². The van der Waals surface area contributed by atoms with E-state index in [1.54, 1.807) is 6.07 Å². The Morgan fingerprint density at radius 2 is 1.79 bits per heavy atom. The highest BCUT2D eigenvalue weighted by Crippen LogP contribution is 2.31. The Balaban J connectivity index is 2.19. The highest BCUT2D eigenvalue weighted by Gasteiger charge is 2.08. The highest BCUT2D eigenvalue weighted by atomic mass is 35.5. The van der Waals surface area contributed by atoms with Gasteiger partial charge in [0.2, 0.25) is 0 Å². The van der Waals surface area contributed by atoms with E-state index in [1.807, 2.05) is 31.2 Å². The quantitative estimate of drug-likeness (QED) is 0.788. The predicted octanol–water partition coefficient (Wildman–Crippen LogP) is 5.18. The fraction of sp³-hybridized carbons (Fsp3) is 0.154. The molecule has 0 spiro atoms. The van der Waals surface area contributed by atoms with Crippen LogP contribution in [0.1, 0.15) is 6.92 Å². The number of benzene rings is 1. The van der Waals surface area contributed by atoms with Gasteiger partial charge in [0.15, 0.2) is 5.82 Å². The Kier molecular flexibility index (Phi) is 4.75. The summed E-state index contributed by atoms with van der Waals surface area (Å²) in [5.41, 5.74) is 0.830. The summed E-state index contributed by atoms with van der Waals surface area (Å²) >= 11 is 17.7. The lowest BCUT2D eigenvalue weighted by Gasteiger charge is -2.09. The minimum atomic E-state index is 0.208. The molecule has 0 atom stereocenters. The van der Waals surface area contributed by atoms with E-state index in [-0.39, 0.29) is 5.15 Å². The van der Waals surface area contributed by atoms with Crippen LogP contribution in [0, 0.1) is 0 Å². The van der Waals surface area contributed by atoms with Crippen LogP contribution in [0.15, 0.2) is 30.3 Å². The van der Waals surface area contributed by atoms with Crippen LogP contribution < -0.4 is 10.1 Å². The van der Waals surface area contributed by atoms with Crippen molar-refractivity contribution in [3.8, 4) is 5.75 Å². The van der Waals surface area contributed by atoms with Gasteiger partial charge in [0.05, 0.1) is 16.7 Å². The Morgan fingerprint density at radius 1 is 1.11 bits per heavy atom. The minimum absolute atomic E-state index is 0.208. The number of ether oxygens (including phenoxy) is 1. The largest absolute Gasteiger partial charge is 0.494 e. The molecule has 0 aliphatic heterocycles. The normalized spacial score (nSPS) is 10.3. The zero-order chi connectivity index (χ0) is 13.8. The molecule has 0 saturated carbocycles. The fourth-order valence-corrected chi connectivity index (χ4v) is 2.01. The lowest BCUT2D eigenvalue weighted by Crippen LogP contribution is -1.96. The van der Waals surface area contributed by atoms with Crippen molar-refractivity contribution in [1.82, 2.24) is 4.98 Å². The molecule has 1 heterocycles. The van der Waals surface area contributed by atoms with Gasteiger partial charge in [-0.1, -0.05) is 34.8 Å². The third kappa shape index (κ3) is 3.66. The summed E-state index contributed by atoms with van der Waals surface area (Å²) in [7, 11) is 0. The van der Waals surface area contributed by atoms with Gasteiger partial charge in [-0.05, 0) is 37.3 Å². The van der Waals surface area contributed by atoms with Crippen LogP contribution in [0.25, 0.3) is 0 Å². The second-order valence-electron chi connectivity index (χ2n) is 3.67. The maximum atomic E-state index is 6.04. The molecule has 0 aliphatic carbocycles. The van der Waals surface area contributed by atoms with Gasteiger partial charge in [-0.2, -0.15) is 0 Å². The van der Waals surface area contributed by atoms with Crippen molar-refractivity contribution < 1.29 is 4.74 Å². The van der Waals surface area contributed by atoms with Gasteiger partial charge in [-0.25, -0.2) is 4.98 Å². The second-order valence-corrected chi connectivity index (χ2v) is 4.85. The number of pyridine rings is 1. The number of nitrogens with zero attached hydrogens (tertiary/aromatic N) is 1. The zero-order valence-corrected chi connectivity index (χ0v) is 12.4. The van der Waals surface area contributed by atoms with E-state index in [0.29, 0.717) is 22.5 Å². The molecule has 1 aromatic carbocycles. The number of hydrogen-bond acceptors (Lipinski definition) is 3. The molecule has 0 saturated heterocycles. The molecule has 2 aromatic rings. The predicted molar refractivity (Wildman–Crippen MR) is 80.2 cm³/mol. The van der Waals surface area contributed by atoms with Gasteiger partial charge in [-0.15, -0.1) is 0 Å². The van der Waals surface area contributed by atoms with E-state index in [0.717, 1.165) is 11.4 Å². The zero-order valence-electron chi connectivity index (χ0n) is 10.1. The third-order valence-corrected chi connectivity index (χ3v) is 3.28. The molecule has 100 valence electrons. The molecule has 0 fully saturated rings. The molecule has 6 heteroatoms. The first-order valence-corrected chi connectivity index (χ1v) is 6.75. The lowest BCUT2D eigenvalue weighted by atomic mass is 10.3. The van der Waals surface area contributed by atoms with E-state index < -0.39 is 0 Å². The average molecular weight is 318 g/mol. The molecule has 0 unspecified atom stereocenters. The first-order valence-electron chi connectivity index (χ1n) is 5.61. The van der Waals surface area contributed by atoms with Crippen LogP contribution in [0.2, 0.25) is 15.2 Å². The Labute approximate surface area is 126 Å². The van der Waals surface area contributed by atoms with E-state index in [4.69, 9.17) is 39.5 Å². The molecule has 0 radical (unpaired) electrons. The van der Waals surface area contributed by atoms with Crippen LogP contribution in [0.4, 0.5) is 11.5 Å². The Morgan fingerprint density at radius 3 is 2.42 bits per heavy atom. The molecule has 0 bridgehead atoms. The first kappa shape index (κ1) is 14.3. The lowest BCUT2D eigenvalue weighted by molar-refractivity contribution is 0.340. The number of rotatable bonds is 4. The molecule has 3 nitrogen and oxygen atoms in total. The van der Waals surface area contributed by atoms with Crippen molar-refractivity contribution in [1.29, 1.82) is 0 Å². The second kappa shape index (κ2) is 6.33. The van der Waals surface area contributed by atoms with Crippen molar-refractivity contribution in [2.24, 2.45) is 0 Å². The van der Waals surface area contributed by atoms with Crippen LogP contribution in [-0.4, -0.2) is 11.6 Å². The van der Waals surface area contributed by atoms with Crippen molar-refractivity contribution in [3.63, 3.8) is 0 Å². The van der Waals surface area contributed by atoms with Gasteiger partial charge in [-0.3, -0.25) is 0 Å². The van der Waals surface area contributed by atoms with E-state index in [9.17, 15) is 0 Å². The summed E-state index contributed by atoms with van der Waals surface area (Å²) in [4.78, 5) is 4.09. The van der Waals surface area contributed by atoms with Crippen molar-refractivity contribution in [3.05, 3.63) is 45.5 Å². The Hall–Kier alpha value is -1.16. The van der Waals surface area contributed by atoms with Crippen LogP contribution in [0.3, 0.4) is 0 Å². The molecule has 0 amide bonds. The fourth-order valence-electron chi connectivity index (χ4n) is 1.47.